The van der Waals surface area contributed by atoms with Gasteiger partial charge < -0.3 is 15.0 Å². The van der Waals surface area contributed by atoms with Crippen LogP contribution in [0.3, 0.4) is 0 Å². The Kier molecular flexibility index (Phi) is 4.43. The number of fused-ring (bicyclic) bond motifs is 1. The van der Waals surface area contributed by atoms with Crippen molar-refractivity contribution in [1.82, 2.24) is 5.32 Å². The Balaban J connectivity index is 1.48. The fraction of sp³-hybridized carbons (Fsp3) is 0.300. The smallest absolute Gasteiger partial charge is 0.414 e. The molecule has 27 heavy (non-hydrogen) atoms. The second-order valence-corrected chi connectivity index (χ2v) is 6.81. The molecule has 0 aromatic heterocycles. The van der Waals surface area contributed by atoms with Crippen molar-refractivity contribution in [1.29, 1.82) is 0 Å². The van der Waals surface area contributed by atoms with Gasteiger partial charge in [-0.15, -0.1) is 0 Å². The van der Waals surface area contributed by atoms with E-state index >= 15 is 0 Å². The third-order valence-corrected chi connectivity index (χ3v) is 4.88. The van der Waals surface area contributed by atoms with Gasteiger partial charge in [-0.3, -0.25) is 9.69 Å². The van der Waals surface area contributed by atoms with Gasteiger partial charge in [0.2, 0.25) is 5.91 Å². The van der Waals surface area contributed by atoms with Gasteiger partial charge in [0.05, 0.1) is 24.5 Å². The fourth-order valence-corrected chi connectivity index (χ4v) is 3.52. The van der Waals surface area contributed by atoms with Gasteiger partial charge in [0.1, 0.15) is 11.9 Å². The van der Waals surface area contributed by atoms with E-state index in [-0.39, 0.29) is 24.8 Å². The van der Waals surface area contributed by atoms with Crippen LogP contribution < -0.4 is 15.1 Å². The van der Waals surface area contributed by atoms with Crippen LogP contribution in [0.1, 0.15) is 18.1 Å². The van der Waals surface area contributed by atoms with Crippen molar-refractivity contribution in [3.05, 3.63) is 59.4 Å². The van der Waals surface area contributed by atoms with Gasteiger partial charge >= 0.3 is 6.09 Å². The molecule has 1 saturated heterocycles. The molecule has 0 radical (unpaired) electrons. The van der Waals surface area contributed by atoms with Gasteiger partial charge in [-0.05, 0) is 29.3 Å². The number of nitrogens with zero attached hydrogens (tertiary/aromatic N) is 2. The first-order chi connectivity index (χ1) is 13.0. The average molecular weight is 369 g/mol. The number of carbonyl (C=O) groups is 2. The highest BCUT2D eigenvalue weighted by molar-refractivity contribution is 5.90. The normalized spacial score (nSPS) is 18.4. The Hall–Kier alpha value is -3.09. The summed E-state index contributed by atoms with van der Waals surface area (Å²) in [4.78, 5) is 26.5. The summed E-state index contributed by atoms with van der Waals surface area (Å²) in [6, 6.07) is 12.9. The summed E-state index contributed by atoms with van der Waals surface area (Å²) < 4.78 is 20.0. The summed E-state index contributed by atoms with van der Waals surface area (Å²) in [5, 5.41) is 2.62. The molecule has 0 spiro atoms. The highest BCUT2D eigenvalue weighted by atomic mass is 19.1. The van der Waals surface area contributed by atoms with Crippen LogP contribution in [-0.4, -0.2) is 31.2 Å². The van der Waals surface area contributed by atoms with Crippen LogP contribution in [0.4, 0.5) is 20.6 Å². The van der Waals surface area contributed by atoms with E-state index in [9.17, 15) is 14.0 Å². The lowest BCUT2D eigenvalue weighted by atomic mass is 10.1. The molecule has 2 amide bonds. The van der Waals surface area contributed by atoms with Crippen molar-refractivity contribution in [2.75, 3.05) is 22.9 Å². The average Bonchev–Trinajstić information content (AvgIpc) is 3.23. The molecule has 0 bridgehead atoms. The van der Waals surface area contributed by atoms with Crippen molar-refractivity contribution in [2.24, 2.45) is 0 Å². The number of carbonyl (C=O) groups excluding carboxylic acids is 2. The predicted molar refractivity (Wildman–Crippen MR) is 99.0 cm³/mol. The number of nitrogens with one attached hydrogen (secondary N) is 1. The van der Waals surface area contributed by atoms with E-state index in [0.717, 1.165) is 0 Å². The Morgan fingerprint density at radius 3 is 2.56 bits per heavy atom. The van der Waals surface area contributed by atoms with Crippen LogP contribution in [0.5, 0.6) is 0 Å². The van der Waals surface area contributed by atoms with Crippen LogP contribution in [0.15, 0.2) is 42.5 Å². The maximum atomic E-state index is 14.8. The SMILES string of the molecule is CC(=O)NC[C@H]1CN(c2ccc(N3Cc4ccccc4C3)c(F)c2)C(=O)O1. The van der Waals surface area contributed by atoms with Gasteiger partial charge in [0.25, 0.3) is 0 Å². The largest absolute Gasteiger partial charge is 0.442 e. The van der Waals surface area contributed by atoms with E-state index < -0.39 is 12.2 Å². The first-order valence-electron chi connectivity index (χ1n) is 8.85. The molecule has 2 aromatic rings. The van der Waals surface area contributed by atoms with Crippen molar-refractivity contribution >= 4 is 23.4 Å². The van der Waals surface area contributed by atoms with Crippen molar-refractivity contribution < 1.29 is 18.7 Å². The summed E-state index contributed by atoms with van der Waals surface area (Å²) in [5.74, 6) is -0.565. The first kappa shape index (κ1) is 17.3. The molecular weight excluding hydrogens is 349 g/mol. The lowest BCUT2D eigenvalue weighted by molar-refractivity contribution is -0.119. The molecule has 7 heteroatoms. The van der Waals surface area contributed by atoms with Crippen LogP contribution in [0, 0.1) is 5.82 Å². The number of halogens is 1. The molecule has 6 nitrogen and oxygen atoms in total. The zero-order chi connectivity index (χ0) is 19.0. The molecule has 2 aromatic carbocycles. The second kappa shape index (κ2) is 6.90. The number of hydrogen-bond donors (Lipinski definition) is 1. The highest BCUT2D eigenvalue weighted by Crippen LogP contribution is 2.32. The van der Waals surface area contributed by atoms with Crippen molar-refractivity contribution in [2.45, 2.75) is 26.1 Å². The predicted octanol–water partition coefficient (Wildman–Crippen LogP) is 2.81. The molecule has 2 aliphatic heterocycles. The van der Waals surface area contributed by atoms with Crippen LogP contribution in [-0.2, 0) is 22.6 Å². The highest BCUT2D eigenvalue weighted by Gasteiger charge is 2.33. The molecule has 0 unspecified atom stereocenters. The minimum Gasteiger partial charge on any atom is -0.442 e. The Bertz CT molecular complexity index is 877. The van der Waals surface area contributed by atoms with Crippen LogP contribution in [0.2, 0.25) is 0 Å². The molecule has 2 heterocycles. The second-order valence-electron chi connectivity index (χ2n) is 6.81. The molecule has 2 aliphatic rings. The minimum absolute atomic E-state index is 0.188. The van der Waals surface area contributed by atoms with Crippen molar-refractivity contribution in [3.63, 3.8) is 0 Å². The van der Waals surface area contributed by atoms with E-state index in [1.807, 2.05) is 17.0 Å². The van der Waals surface area contributed by atoms with Crippen LogP contribution in [0.25, 0.3) is 0 Å². The van der Waals surface area contributed by atoms with Gasteiger partial charge in [0.15, 0.2) is 0 Å². The third-order valence-electron chi connectivity index (χ3n) is 4.88. The monoisotopic (exact) mass is 369 g/mol. The summed E-state index contributed by atoms with van der Waals surface area (Å²) in [6.07, 6.45) is -0.983. The number of ether oxygens (including phenoxy) is 1. The molecule has 4 rings (SSSR count). The molecule has 0 saturated carbocycles. The van der Waals surface area contributed by atoms with E-state index in [0.29, 0.717) is 24.5 Å². The Morgan fingerprint density at radius 2 is 1.93 bits per heavy atom. The lowest BCUT2D eigenvalue weighted by Crippen LogP contribution is -2.33. The Morgan fingerprint density at radius 1 is 1.22 bits per heavy atom. The number of anilines is 2. The zero-order valence-electron chi connectivity index (χ0n) is 14.9. The van der Waals surface area contributed by atoms with Gasteiger partial charge in [-0.1, -0.05) is 24.3 Å². The summed E-state index contributed by atoms with van der Waals surface area (Å²) in [5.41, 5.74) is 3.36. The first-order valence-corrected chi connectivity index (χ1v) is 8.85. The maximum Gasteiger partial charge on any atom is 0.414 e. The van der Waals surface area contributed by atoms with E-state index in [1.54, 1.807) is 12.1 Å². The molecule has 140 valence electrons. The fourth-order valence-electron chi connectivity index (χ4n) is 3.52. The molecule has 1 atom stereocenters. The number of amides is 2. The van der Waals surface area contributed by atoms with Gasteiger partial charge in [-0.2, -0.15) is 0 Å². The minimum atomic E-state index is -0.536. The number of cyclic esters (lactones) is 1. The summed E-state index contributed by atoms with van der Waals surface area (Å²) >= 11 is 0. The molecular formula is C20H20FN3O3. The van der Waals surface area contributed by atoms with E-state index in [4.69, 9.17) is 4.74 Å². The molecule has 0 aliphatic carbocycles. The van der Waals surface area contributed by atoms with E-state index in [2.05, 4.69) is 17.4 Å². The zero-order valence-corrected chi connectivity index (χ0v) is 14.9. The van der Waals surface area contributed by atoms with Gasteiger partial charge in [0, 0.05) is 20.0 Å². The van der Waals surface area contributed by atoms with Crippen molar-refractivity contribution in [3.8, 4) is 0 Å². The summed E-state index contributed by atoms with van der Waals surface area (Å²) in [7, 11) is 0. The number of benzene rings is 2. The summed E-state index contributed by atoms with van der Waals surface area (Å²) in [6.45, 7) is 3.24. The quantitative estimate of drug-likeness (QED) is 0.900. The van der Waals surface area contributed by atoms with Gasteiger partial charge in [-0.25, -0.2) is 9.18 Å². The molecule has 1 N–H and O–H groups in total. The molecule has 1 fully saturated rings. The van der Waals surface area contributed by atoms with Crippen LogP contribution >= 0.6 is 0 Å². The third kappa shape index (κ3) is 3.45. The Labute approximate surface area is 156 Å². The standard InChI is InChI=1S/C20H20FN3O3/c1-13(25)22-9-17-12-24(20(26)27-17)16-6-7-19(18(21)8-16)23-10-14-4-2-3-5-15(14)11-23/h2-8,17H,9-12H2,1H3,(H,22,25)/t17-/m0/s1. The number of hydrogen-bond acceptors (Lipinski definition) is 4. The maximum absolute atomic E-state index is 14.8. The van der Waals surface area contributed by atoms with E-state index in [1.165, 1.54) is 29.0 Å². The topological polar surface area (TPSA) is 61.9 Å². The number of rotatable bonds is 4. The lowest BCUT2D eigenvalue weighted by Gasteiger charge is -2.20.